The molecule has 4 nitrogen and oxygen atoms in total. The van der Waals surface area contributed by atoms with Gasteiger partial charge in [-0.25, -0.2) is 0 Å². The highest BCUT2D eigenvalue weighted by Crippen LogP contribution is 2.70. The van der Waals surface area contributed by atoms with Gasteiger partial charge < -0.3 is 10.2 Å². The summed E-state index contributed by atoms with van der Waals surface area (Å²) in [6.07, 6.45) is 12.4. The molecule has 0 radical (unpaired) electrons. The molecule has 0 aromatic heterocycles. The molecule has 0 unspecified atom stereocenters. The van der Waals surface area contributed by atoms with Gasteiger partial charge in [0.15, 0.2) is 0 Å². The van der Waals surface area contributed by atoms with Crippen molar-refractivity contribution in [2.24, 2.45) is 39.9 Å². The molecule has 3 rings (SSSR count). The Bertz CT molecular complexity index is 924. The van der Waals surface area contributed by atoms with Gasteiger partial charge in [-0.1, -0.05) is 65.0 Å². The summed E-state index contributed by atoms with van der Waals surface area (Å²) in [6, 6.07) is 0. The number of rotatable bonds is 10. The summed E-state index contributed by atoms with van der Waals surface area (Å²) < 4.78 is 0. The molecule has 6 atom stereocenters. The summed E-state index contributed by atoms with van der Waals surface area (Å²) in [4.78, 5) is 23.9. The lowest BCUT2D eigenvalue weighted by atomic mass is 9.48. The van der Waals surface area contributed by atoms with Gasteiger partial charge >= 0.3 is 11.9 Å². The Balaban J connectivity index is 1.98. The molecular weight excluding hydrogens is 424 g/mol. The minimum absolute atomic E-state index is 0.107. The van der Waals surface area contributed by atoms with Crippen molar-refractivity contribution in [1.82, 2.24) is 0 Å². The van der Waals surface area contributed by atoms with Crippen LogP contribution in [0.5, 0.6) is 0 Å². The minimum atomic E-state index is -0.763. The Labute approximate surface area is 205 Å². The Morgan fingerprint density at radius 1 is 1.15 bits per heavy atom. The van der Waals surface area contributed by atoms with E-state index in [9.17, 15) is 19.8 Å². The summed E-state index contributed by atoms with van der Waals surface area (Å²) in [5.41, 5.74) is 3.24. The number of aliphatic carboxylic acids is 2. The van der Waals surface area contributed by atoms with Crippen molar-refractivity contribution < 1.29 is 19.8 Å². The molecule has 34 heavy (non-hydrogen) atoms. The first kappa shape index (κ1) is 26.5. The number of carboxylic acid groups (broad SMARTS) is 2. The smallest absolute Gasteiger partial charge is 0.306 e. The average Bonchev–Trinajstić information content (AvgIpc) is 3.04. The third-order valence-corrected chi connectivity index (χ3v) is 10.2. The van der Waals surface area contributed by atoms with E-state index in [1.807, 2.05) is 6.08 Å². The summed E-state index contributed by atoms with van der Waals surface area (Å²) in [7, 11) is 0. The van der Waals surface area contributed by atoms with Crippen LogP contribution in [0.3, 0.4) is 0 Å². The molecule has 3 aliphatic carbocycles. The first-order valence-corrected chi connectivity index (χ1v) is 13.0. The van der Waals surface area contributed by atoms with Crippen molar-refractivity contribution in [3.05, 3.63) is 48.1 Å². The van der Waals surface area contributed by atoms with Crippen LogP contribution in [0.4, 0.5) is 0 Å². The number of allylic oxidation sites excluding steroid dienone is 6. The van der Waals surface area contributed by atoms with Crippen molar-refractivity contribution >= 4 is 11.9 Å². The second-order valence-electron chi connectivity index (χ2n) is 12.0. The topological polar surface area (TPSA) is 74.6 Å². The number of hydrogen-bond acceptors (Lipinski definition) is 2. The van der Waals surface area contributed by atoms with E-state index < -0.39 is 11.9 Å². The van der Waals surface area contributed by atoms with Crippen LogP contribution in [-0.2, 0) is 9.59 Å². The molecule has 1 saturated carbocycles. The quantitative estimate of drug-likeness (QED) is 0.327. The van der Waals surface area contributed by atoms with Gasteiger partial charge in [0.25, 0.3) is 0 Å². The largest absolute Gasteiger partial charge is 0.481 e. The highest BCUT2D eigenvalue weighted by Gasteiger charge is 2.62. The first-order chi connectivity index (χ1) is 15.8. The number of carbonyl (C=O) groups is 2. The van der Waals surface area contributed by atoms with Gasteiger partial charge in [-0.15, -0.1) is 6.58 Å². The molecule has 1 fully saturated rings. The van der Waals surface area contributed by atoms with Gasteiger partial charge in [0.2, 0.25) is 0 Å². The average molecular weight is 469 g/mol. The van der Waals surface area contributed by atoms with Crippen molar-refractivity contribution in [1.29, 1.82) is 0 Å². The van der Waals surface area contributed by atoms with Gasteiger partial charge in [-0.05, 0) is 90.1 Å². The normalized spacial score (nSPS) is 35.6. The highest BCUT2D eigenvalue weighted by atomic mass is 16.4. The highest BCUT2D eigenvalue weighted by molar-refractivity contribution is 5.71. The van der Waals surface area contributed by atoms with Gasteiger partial charge in [-0.2, -0.15) is 0 Å². The molecule has 3 aliphatic rings. The summed E-state index contributed by atoms with van der Waals surface area (Å²) in [5, 5.41) is 19.7. The SMILES string of the molecule is C=C[C@@H]1CC=C2C(=CC[C@]3(C)[C@@H]([C@@H](CCC(=C)C(C)C)C(=O)O)CC[C@@]23C)[C@@]1(C)CCC(=O)O. The van der Waals surface area contributed by atoms with Crippen LogP contribution >= 0.6 is 0 Å². The van der Waals surface area contributed by atoms with Crippen molar-refractivity contribution in [2.75, 3.05) is 0 Å². The van der Waals surface area contributed by atoms with E-state index >= 15 is 0 Å². The van der Waals surface area contributed by atoms with Crippen LogP contribution in [0.25, 0.3) is 0 Å². The van der Waals surface area contributed by atoms with Crippen LogP contribution in [-0.4, -0.2) is 22.2 Å². The molecule has 0 aromatic carbocycles. The molecule has 0 aliphatic heterocycles. The standard InChI is InChI=1S/C30H44O4/c1-8-21-10-12-25-24(28(21,5)16-15-26(31)32)14-18-29(6)23(13-17-30(25,29)7)22(27(33)34)11-9-20(4)19(2)3/h8,12,14,19,21-23H,1,4,9-11,13,15-18H2,2-3,5-7H3,(H,31,32)(H,33,34)/t21-,22-,23-,28+,29-,30+/m1/s1. The van der Waals surface area contributed by atoms with Gasteiger partial charge in [0.1, 0.15) is 0 Å². The van der Waals surface area contributed by atoms with Crippen molar-refractivity contribution in [3.63, 3.8) is 0 Å². The number of carboxylic acids is 2. The van der Waals surface area contributed by atoms with Crippen LogP contribution < -0.4 is 0 Å². The van der Waals surface area contributed by atoms with Crippen LogP contribution in [0.1, 0.15) is 86.0 Å². The van der Waals surface area contributed by atoms with E-state index in [4.69, 9.17) is 0 Å². The second kappa shape index (κ2) is 9.51. The fourth-order valence-corrected chi connectivity index (χ4v) is 7.39. The van der Waals surface area contributed by atoms with E-state index in [2.05, 4.69) is 59.9 Å². The predicted octanol–water partition coefficient (Wildman–Crippen LogP) is 7.44. The second-order valence-corrected chi connectivity index (χ2v) is 12.0. The monoisotopic (exact) mass is 468 g/mol. The third-order valence-electron chi connectivity index (χ3n) is 10.2. The Hall–Kier alpha value is -2.10. The van der Waals surface area contributed by atoms with Crippen LogP contribution in [0.2, 0.25) is 0 Å². The van der Waals surface area contributed by atoms with Gasteiger partial charge in [0, 0.05) is 6.42 Å². The Morgan fingerprint density at radius 2 is 1.82 bits per heavy atom. The molecule has 0 aromatic rings. The molecule has 2 N–H and O–H groups in total. The molecule has 0 amide bonds. The zero-order valence-electron chi connectivity index (χ0n) is 21.8. The fourth-order valence-electron chi connectivity index (χ4n) is 7.39. The fraction of sp³-hybridized carbons (Fsp3) is 0.667. The lowest BCUT2D eigenvalue weighted by Gasteiger charge is -2.56. The summed E-state index contributed by atoms with van der Waals surface area (Å²) in [5.74, 6) is -1.14. The lowest BCUT2D eigenvalue weighted by molar-refractivity contribution is -0.146. The molecule has 0 heterocycles. The maximum atomic E-state index is 12.5. The molecule has 0 bridgehead atoms. The molecular formula is C30H44O4. The van der Waals surface area contributed by atoms with Crippen molar-refractivity contribution in [2.45, 2.75) is 86.0 Å². The van der Waals surface area contributed by atoms with Gasteiger partial charge in [0.05, 0.1) is 5.92 Å². The van der Waals surface area contributed by atoms with Crippen LogP contribution in [0, 0.1) is 39.9 Å². The lowest BCUT2D eigenvalue weighted by Crippen LogP contribution is -2.48. The molecule has 188 valence electrons. The van der Waals surface area contributed by atoms with E-state index in [-0.39, 0.29) is 40.4 Å². The van der Waals surface area contributed by atoms with E-state index in [1.54, 1.807) is 0 Å². The summed E-state index contributed by atoms with van der Waals surface area (Å²) in [6.45, 7) is 19.3. The number of fused-ring (bicyclic) bond motifs is 3. The van der Waals surface area contributed by atoms with E-state index in [0.29, 0.717) is 18.8 Å². The van der Waals surface area contributed by atoms with Crippen LogP contribution in [0.15, 0.2) is 48.1 Å². The predicted molar refractivity (Wildman–Crippen MR) is 137 cm³/mol. The molecule has 0 spiro atoms. The van der Waals surface area contributed by atoms with Crippen molar-refractivity contribution in [3.8, 4) is 0 Å². The van der Waals surface area contributed by atoms with E-state index in [0.717, 1.165) is 37.7 Å². The zero-order chi connectivity index (χ0) is 25.5. The third kappa shape index (κ3) is 4.22. The molecule has 4 heteroatoms. The van der Waals surface area contributed by atoms with Gasteiger partial charge in [-0.3, -0.25) is 9.59 Å². The zero-order valence-corrected chi connectivity index (χ0v) is 21.8. The summed E-state index contributed by atoms with van der Waals surface area (Å²) >= 11 is 0. The minimum Gasteiger partial charge on any atom is -0.481 e. The Kier molecular flexibility index (Phi) is 7.41. The first-order valence-electron chi connectivity index (χ1n) is 13.0. The number of hydrogen-bond donors (Lipinski definition) is 2. The van der Waals surface area contributed by atoms with E-state index in [1.165, 1.54) is 11.1 Å². The maximum absolute atomic E-state index is 12.5. The molecule has 0 saturated heterocycles. The Morgan fingerprint density at radius 3 is 2.38 bits per heavy atom. The maximum Gasteiger partial charge on any atom is 0.306 e.